The van der Waals surface area contributed by atoms with Gasteiger partial charge in [0.2, 0.25) is 0 Å². The van der Waals surface area contributed by atoms with Gasteiger partial charge in [0.25, 0.3) is 0 Å². The van der Waals surface area contributed by atoms with Crippen LogP contribution in [0.4, 0.5) is 17.6 Å². The first-order valence-corrected chi connectivity index (χ1v) is 9.21. The van der Waals surface area contributed by atoms with Crippen molar-refractivity contribution in [1.29, 1.82) is 5.26 Å². The summed E-state index contributed by atoms with van der Waals surface area (Å²) < 4.78 is 53.6. The van der Waals surface area contributed by atoms with Gasteiger partial charge in [-0.2, -0.15) is 18.4 Å². The number of benzene rings is 1. The minimum absolute atomic E-state index is 0.0150. The number of nitriles is 1. The van der Waals surface area contributed by atoms with Crippen LogP contribution in [0.5, 0.6) is 0 Å². The SMILES string of the molecule is Cc1cc(F)c2c(c1)C(=O)C(C1CC1)=C(Cc1ccc(C(F)(F)F)c(C#N)n1)C2=O. The molecule has 0 unspecified atom stereocenters. The Balaban J connectivity index is 1.82. The van der Waals surface area contributed by atoms with Crippen molar-refractivity contribution in [3.05, 3.63) is 74.9 Å². The molecule has 30 heavy (non-hydrogen) atoms. The van der Waals surface area contributed by atoms with Crippen LogP contribution in [0.1, 0.15) is 56.1 Å². The molecule has 0 amide bonds. The van der Waals surface area contributed by atoms with Crippen molar-refractivity contribution in [1.82, 2.24) is 4.98 Å². The molecule has 2 aromatic rings. The third-order valence-corrected chi connectivity index (χ3v) is 5.26. The topological polar surface area (TPSA) is 70.8 Å². The van der Waals surface area contributed by atoms with Gasteiger partial charge in [-0.15, -0.1) is 0 Å². The minimum atomic E-state index is -4.74. The fraction of sp³-hybridized carbons (Fsp3) is 0.273. The zero-order chi connectivity index (χ0) is 21.8. The second-order valence-corrected chi connectivity index (χ2v) is 7.48. The Bertz CT molecular complexity index is 1180. The lowest BCUT2D eigenvalue weighted by Crippen LogP contribution is -2.26. The van der Waals surface area contributed by atoms with Gasteiger partial charge in [0.05, 0.1) is 11.1 Å². The molecule has 4 nitrogen and oxygen atoms in total. The second kappa shape index (κ2) is 6.87. The maximum Gasteiger partial charge on any atom is 0.419 e. The van der Waals surface area contributed by atoms with E-state index in [1.165, 1.54) is 12.1 Å². The average molecular weight is 414 g/mol. The standard InChI is InChI=1S/C22H14F4N2O2/c1-10-6-13-19(16(23)7-10)21(30)14(18(20(13)29)11-2-3-11)8-12-4-5-15(22(24,25)26)17(9-27)28-12/h4-7,11H,2-3,8H2,1H3. The largest absolute Gasteiger partial charge is 0.419 e. The Kier molecular flexibility index (Phi) is 4.57. The van der Waals surface area contributed by atoms with Crippen molar-refractivity contribution in [3.63, 3.8) is 0 Å². The molecule has 152 valence electrons. The van der Waals surface area contributed by atoms with Crippen LogP contribution in [-0.4, -0.2) is 16.6 Å². The van der Waals surface area contributed by atoms with E-state index in [1.54, 1.807) is 6.92 Å². The molecule has 0 bridgehead atoms. The molecule has 1 heterocycles. The Morgan fingerprint density at radius 3 is 2.47 bits per heavy atom. The third kappa shape index (κ3) is 3.30. The maximum absolute atomic E-state index is 14.5. The Morgan fingerprint density at radius 1 is 1.17 bits per heavy atom. The first kappa shape index (κ1) is 20.0. The number of aryl methyl sites for hydroxylation is 1. The number of alkyl halides is 3. The van der Waals surface area contributed by atoms with E-state index in [4.69, 9.17) is 5.26 Å². The van der Waals surface area contributed by atoms with Crippen molar-refractivity contribution < 1.29 is 27.2 Å². The molecule has 0 saturated heterocycles. The highest BCUT2D eigenvalue weighted by Gasteiger charge is 2.41. The average Bonchev–Trinajstić information content (AvgIpc) is 3.49. The zero-order valence-corrected chi connectivity index (χ0v) is 15.7. The van der Waals surface area contributed by atoms with Gasteiger partial charge in [-0.05, 0) is 55.5 Å². The molecule has 1 saturated carbocycles. The van der Waals surface area contributed by atoms with Crippen LogP contribution in [0.3, 0.4) is 0 Å². The maximum atomic E-state index is 14.5. The fourth-order valence-corrected chi connectivity index (χ4v) is 3.78. The van der Waals surface area contributed by atoms with Crippen molar-refractivity contribution in [2.75, 3.05) is 0 Å². The molecule has 1 aromatic heterocycles. The van der Waals surface area contributed by atoms with E-state index in [1.807, 2.05) is 0 Å². The number of hydrogen-bond donors (Lipinski definition) is 0. The second-order valence-electron chi connectivity index (χ2n) is 7.48. The molecule has 8 heteroatoms. The lowest BCUT2D eigenvalue weighted by Gasteiger charge is -2.22. The monoisotopic (exact) mass is 414 g/mol. The minimum Gasteiger partial charge on any atom is -0.289 e. The van der Waals surface area contributed by atoms with Crippen LogP contribution >= 0.6 is 0 Å². The smallest absolute Gasteiger partial charge is 0.289 e. The number of carbonyl (C=O) groups excluding carboxylic acids is 2. The predicted octanol–water partition coefficient (Wildman–Crippen LogP) is 4.75. The van der Waals surface area contributed by atoms with E-state index >= 15 is 0 Å². The van der Waals surface area contributed by atoms with Gasteiger partial charge in [-0.3, -0.25) is 9.59 Å². The van der Waals surface area contributed by atoms with Crippen LogP contribution in [0.15, 0.2) is 35.4 Å². The number of ketones is 2. The quantitative estimate of drug-likeness (QED) is 0.680. The number of carbonyl (C=O) groups is 2. The molecule has 2 aliphatic carbocycles. The van der Waals surface area contributed by atoms with Gasteiger partial charge in [0.15, 0.2) is 17.3 Å². The third-order valence-electron chi connectivity index (χ3n) is 5.26. The summed E-state index contributed by atoms with van der Waals surface area (Å²) in [5.41, 5.74) is -1.45. The summed E-state index contributed by atoms with van der Waals surface area (Å²) in [6, 6.07) is 5.85. The van der Waals surface area contributed by atoms with E-state index in [-0.39, 0.29) is 40.3 Å². The van der Waals surface area contributed by atoms with Gasteiger partial charge in [0.1, 0.15) is 11.9 Å². The summed E-state index contributed by atoms with van der Waals surface area (Å²) in [6.07, 6.45) is -3.60. The van der Waals surface area contributed by atoms with Gasteiger partial charge in [-0.1, -0.05) is 0 Å². The molecule has 0 N–H and O–H groups in total. The van der Waals surface area contributed by atoms with Crippen molar-refractivity contribution in [2.24, 2.45) is 5.92 Å². The number of aromatic nitrogens is 1. The summed E-state index contributed by atoms with van der Waals surface area (Å²) in [5.74, 6) is -2.05. The molecular formula is C22H14F4N2O2. The van der Waals surface area contributed by atoms with E-state index < -0.39 is 34.8 Å². The number of hydrogen-bond acceptors (Lipinski definition) is 4. The Labute approximate surface area is 168 Å². The number of nitrogens with zero attached hydrogens (tertiary/aromatic N) is 2. The number of Topliss-reactive ketones (excluding diaryl/α,β-unsaturated/α-hetero) is 2. The molecule has 0 aliphatic heterocycles. The van der Waals surface area contributed by atoms with Crippen molar-refractivity contribution >= 4 is 11.6 Å². The first-order chi connectivity index (χ1) is 14.1. The van der Waals surface area contributed by atoms with Crippen LogP contribution < -0.4 is 0 Å². The molecule has 2 aliphatic rings. The normalized spacial score (nSPS) is 16.5. The first-order valence-electron chi connectivity index (χ1n) is 9.21. The molecule has 4 rings (SSSR count). The highest BCUT2D eigenvalue weighted by molar-refractivity contribution is 6.27. The number of pyridine rings is 1. The van der Waals surface area contributed by atoms with Gasteiger partial charge in [0, 0.05) is 28.8 Å². The fourth-order valence-electron chi connectivity index (χ4n) is 3.78. The van der Waals surface area contributed by atoms with E-state index in [0.717, 1.165) is 18.2 Å². The molecule has 0 atom stereocenters. The summed E-state index contributed by atoms with van der Waals surface area (Å²) >= 11 is 0. The Hall–Kier alpha value is -3.34. The molecule has 0 spiro atoms. The van der Waals surface area contributed by atoms with Crippen molar-refractivity contribution in [2.45, 2.75) is 32.4 Å². The highest BCUT2D eigenvalue weighted by atomic mass is 19.4. The van der Waals surface area contributed by atoms with Crippen LogP contribution in [0.25, 0.3) is 0 Å². The van der Waals surface area contributed by atoms with Gasteiger partial charge >= 0.3 is 6.18 Å². The zero-order valence-electron chi connectivity index (χ0n) is 15.7. The van der Waals surface area contributed by atoms with Crippen LogP contribution in [0.2, 0.25) is 0 Å². The van der Waals surface area contributed by atoms with Crippen LogP contribution in [0, 0.1) is 30.0 Å². The summed E-state index contributed by atoms with van der Waals surface area (Å²) in [5, 5.41) is 9.05. The molecule has 1 aromatic carbocycles. The highest BCUT2D eigenvalue weighted by Crippen LogP contribution is 2.44. The lowest BCUT2D eigenvalue weighted by molar-refractivity contribution is -0.138. The van der Waals surface area contributed by atoms with E-state index in [9.17, 15) is 27.2 Å². The predicted molar refractivity (Wildman–Crippen MR) is 97.2 cm³/mol. The Morgan fingerprint density at radius 2 is 1.87 bits per heavy atom. The summed E-state index contributed by atoms with van der Waals surface area (Å²) in [7, 11) is 0. The summed E-state index contributed by atoms with van der Waals surface area (Å²) in [6.45, 7) is 1.62. The van der Waals surface area contributed by atoms with E-state index in [0.29, 0.717) is 18.4 Å². The number of halogens is 4. The molecule has 1 fully saturated rings. The molecular weight excluding hydrogens is 400 g/mol. The van der Waals surface area contributed by atoms with Crippen LogP contribution in [-0.2, 0) is 12.6 Å². The van der Waals surface area contributed by atoms with E-state index in [2.05, 4.69) is 4.98 Å². The lowest BCUT2D eigenvalue weighted by atomic mass is 9.79. The van der Waals surface area contributed by atoms with Gasteiger partial charge < -0.3 is 0 Å². The number of rotatable bonds is 3. The van der Waals surface area contributed by atoms with Crippen molar-refractivity contribution in [3.8, 4) is 6.07 Å². The van der Waals surface area contributed by atoms with Gasteiger partial charge in [-0.25, -0.2) is 9.37 Å². The number of fused-ring (bicyclic) bond motifs is 1. The molecule has 0 radical (unpaired) electrons. The number of allylic oxidation sites excluding steroid dienone is 2. The summed E-state index contributed by atoms with van der Waals surface area (Å²) in [4.78, 5) is 29.9.